The minimum atomic E-state index is -4.03. The zero-order valence-corrected chi connectivity index (χ0v) is 28.9. The molecule has 4 aromatic rings. The standard InChI is InChI=1S/C35H42N4O6S2/c1-23(2)19-39(47(43,44)29-16-14-28(15-17-29)31-22-46-35(38-31)36-26(5)40)20-32(41)30(18-27-12-7-6-8-13-27)37-33(42)21-45-34-24(3)10-9-11-25(34)4/h6-17,22-23,30,32,41H,18-21H2,1-5H3,(H,37,42)(H,36,38,40)/t30-,32+/m0/s1. The van der Waals surface area contributed by atoms with Gasteiger partial charge in [0.2, 0.25) is 15.9 Å². The lowest BCUT2D eigenvalue weighted by Crippen LogP contribution is -2.52. The van der Waals surface area contributed by atoms with Gasteiger partial charge in [-0.05, 0) is 55.0 Å². The van der Waals surface area contributed by atoms with Gasteiger partial charge in [0.1, 0.15) is 5.75 Å². The first-order chi connectivity index (χ1) is 22.3. The van der Waals surface area contributed by atoms with E-state index in [0.717, 1.165) is 16.7 Å². The van der Waals surface area contributed by atoms with Crippen LogP contribution in [0.3, 0.4) is 0 Å². The molecule has 0 spiro atoms. The minimum absolute atomic E-state index is 0.0358. The molecular weight excluding hydrogens is 637 g/mol. The third-order valence-electron chi connectivity index (χ3n) is 7.40. The molecule has 0 saturated carbocycles. The Morgan fingerprint density at radius 2 is 1.62 bits per heavy atom. The van der Waals surface area contributed by atoms with E-state index in [1.54, 1.807) is 17.5 Å². The highest BCUT2D eigenvalue weighted by molar-refractivity contribution is 7.89. The number of carbonyl (C=O) groups is 2. The van der Waals surface area contributed by atoms with Gasteiger partial charge in [0.05, 0.1) is 22.7 Å². The number of ether oxygens (including phenoxy) is 1. The van der Waals surface area contributed by atoms with Gasteiger partial charge in [-0.3, -0.25) is 9.59 Å². The zero-order chi connectivity index (χ0) is 34.1. The quantitative estimate of drug-likeness (QED) is 0.157. The predicted octanol–water partition coefficient (Wildman–Crippen LogP) is 5.20. The highest BCUT2D eigenvalue weighted by Crippen LogP contribution is 2.27. The third-order valence-corrected chi connectivity index (χ3v) is 10.0. The van der Waals surface area contributed by atoms with Crippen molar-refractivity contribution in [1.29, 1.82) is 0 Å². The maximum atomic E-state index is 13.9. The molecule has 0 aliphatic carbocycles. The monoisotopic (exact) mass is 678 g/mol. The maximum absolute atomic E-state index is 13.9. The number of hydrogen-bond donors (Lipinski definition) is 3. The van der Waals surface area contributed by atoms with E-state index in [1.807, 2.05) is 76.2 Å². The van der Waals surface area contributed by atoms with Crippen LogP contribution in [-0.2, 0) is 26.0 Å². The summed E-state index contributed by atoms with van der Waals surface area (Å²) in [6.07, 6.45) is -0.940. The highest BCUT2D eigenvalue weighted by atomic mass is 32.2. The number of rotatable bonds is 15. The second kappa shape index (κ2) is 16.1. The van der Waals surface area contributed by atoms with Crippen LogP contribution in [0.25, 0.3) is 11.3 Å². The van der Waals surface area contributed by atoms with Crippen molar-refractivity contribution in [1.82, 2.24) is 14.6 Å². The van der Waals surface area contributed by atoms with Crippen LogP contribution < -0.4 is 15.4 Å². The van der Waals surface area contributed by atoms with Gasteiger partial charge in [0.25, 0.3) is 5.91 Å². The average molecular weight is 679 g/mol. The van der Waals surface area contributed by atoms with E-state index in [2.05, 4.69) is 15.6 Å². The Kier molecular flexibility index (Phi) is 12.3. The predicted molar refractivity (Wildman–Crippen MR) is 185 cm³/mol. The Balaban J connectivity index is 1.53. The summed E-state index contributed by atoms with van der Waals surface area (Å²) >= 11 is 1.28. The van der Waals surface area contributed by atoms with E-state index in [-0.39, 0.29) is 42.8 Å². The number of benzene rings is 3. The van der Waals surface area contributed by atoms with Crippen molar-refractivity contribution in [3.63, 3.8) is 0 Å². The molecule has 250 valence electrons. The van der Waals surface area contributed by atoms with Gasteiger partial charge in [-0.1, -0.05) is 74.5 Å². The average Bonchev–Trinajstić information content (AvgIpc) is 3.48. The van der Waals surface area contributed by atoms with Crippen molar-refractivity contribution >= 4 is 38.3 Å². The Labute approximate surface area is 280 Å². The minimum Gasteiger partial charge on any atom is -0.483 e. The number of carbonyl (C=O) groups excluding carboxylic acids is 2. The molecule has 12 heteroatoms. The number of aryl methyl sites for hydroxylation is 2. The molecule has 0 bridgehead atoms. The molecule has 4 rings (SSSR count). The molecule has 2 amide bonds. The van der Waals surface area contributed by atoms with E-state index >= 15 is 0 Å². The number of anilines is 1. The van der Waals surface area contributed by atoms with Crippen LogP contribution in [0.2, 0.25) is 0 Å². The molecule has 3 N–H and O–H groups in total. The number of nitrogens with one attached hydrogen (secondary N) is 2. The molecule has 0 unspecified atom stereocenters. The number of thiazole rings is 1. The van der Waals surface area contributed by atoms with Crippen LogP contribution in [0.15, 0.2) is 83.1 Å². The second-order valence-electron chi connectivity index (χ2n) is 11.9. The molecule has 10 nitrogen and oxygen atoms in total. The van der Waals surface area contributed by atoms with Gasteiger partial charge in [-0.2, -0.15) is 4.31 Å². The number of aromatic nitrogens is 1. The molecule has 0 aliphatic heterocycles. The molecule has 0 fully saturated rings. The number of hydrogen-bond acceptors (Lipinski definition) is 8. The fraction of sp³-hybridized carbons (Fsp3) is 0.343. The first kappa shape index (κ1) is 35.7. The largest absolute Gasteiger partial charge is 0.483 e. The Hall–Kier alpha value is -4.10. The third kappa shape index (κ3) is 9.94. The smallest absolute Gasteiger partial charge is 0.258 e. The van der Waals surface area contributed by atoms with Crippen molar-refractivity contribution < 1.29 is 27.9 Å². The van der Waals surface area contributed by atoms with Crippen LogP contribution in [0.5, 0.6) is 5.75 Å². The lowest BCUT2D eigenvalue weighted by atomic mass is 10.0. The van der Waals surface area contributed by atoms with E-state index in [9.17, 15) is 23.1 Å². The second-order valence-corrected chi connectivity index (χ2v) is 14.7. The van der Waals surface area contributed by atoms with Crippen molar-refractivity contribution in [3.05, 3.63) is 94.9 Å². The number of nitrogens with zero attached hydrogens (tertiary/aromatic N) is 2. The zero-order valence-electron chi connectivity index (χ0n) is 27.3. The summed E-state index contributed by atoms with van der Waals surface area (Å²) in [4.78, 5) is 28.9. The van der Waals surface area contributed by atoms with Gasteiger partial charge in [0, 0.05) is 31.0 Å². The summed E-state index contributed by atoms with van der Waals surface area (Å²) in [7, 11) is -4.03. The van der Waals surface area contributed by atoms with Crippen LogP contribution in [0.1, 0.15) is 37.5 Å². The van der Waals surface area contributed by atoms with Crippen molar-refractivity contribution in [3.8, 4) is 17.0 Å². The number of para-hydroxylation sites is 1. The lowest BCUT2D eigenvalue weighted by Gasteiger charge is -2.31. The van der Waals surface area contributed by atoms with Gasteiger partial charge in [-0.15, -0.1) is 11.3 Å². The summed E-state index contributed by atoms with van der Waals surface area (Å²) in [6, 6.07) is 20.7. The fourth-order valence-electron chi connectivity index (χ4n) is 5.14. The van der Waals surface area contributed by atoms with Crippen LogP contribution >= 0.6 is 11.3 Å². The van der Waals surface area contributed by atoms with Crippen LogP contribution in [0, 0.1) is 19.8 Å². The molecule has 2 atom stereocenters. The summed E-state index contributed by atoms with van der Waals surface area (Å²) in [5.74, 6) is -0.0569. The van der Waals surface area contributed by atoms with Crippen LogP contribution in [-0.4, -0.2) is 66.5 Å². The molecule has 0 saturated heterocycles. The SMILES string of the molecule is CC(=O)Nc1nc(-c2ccc(S(=O)(=O)N(CC(C)C)C[C@@H](O)[C@H](Cc3ccccc3)NC(=O)COc3c(C)cccc3C)cc2)cs1. The van der Waals surface area contributed by atoms with E-state index in [0.29, 0.717) is 22.1 Å². The Morgan fingerprint density at radius 1 is 0.957 bits per heavy atom. The van der Waals surface area contributed by atoms with Crippen molar-refractivity contribution in [2.24, 2.45) is 5.92 Å². The first-order valence-corrected chi connectivity index (χ1v) is 17.7. The number of aliphatic hydroxyl groups excluding tert-OH is 1. The number of aliphatic hydroxyl groups is 1. The summed E-state index contributed by atoms with van der Waals surface area (Å²) in [6.45, 7) is 8.70. The molecule has 0 radical (unpaired) electrons. The number of sulfonamides is 1. The van der Waals surface area contributed by atoms with Gasteiger partial charge < -0.3 is 20.5 Å². The molecule has 1 aromatic heterocycles. The number of amides is 2. The highest BCUT2D eigenvalue weighted by Gasteiger charge is 2.31. The van der Waals surface area contributed by atoms with E-state index in [4.69, 9.17) is 4.74 Å². The Bertz CT molecular complexity index is 1740. The van der Waals surface area contributed by atoms with Gasteiger partial charge >= 0.3 is 0 Å². The molecular formula is C35H42N4O6S2. The normalized spacial score (nSPS) is 12.9. The molecule has 1 heterocycles. The van der Waals surface area contributed by atoms with Crippen molar-refractivity contribution in [2.45, 2.75) is 58.1 Å². The van der Waals surface area contributed by atoms with Crippen LogP contribution in [0.4, 0.5) is 5.13 Å². The van der Waals surface area contributed by atoms with Gasteiger partial charge in [-0.25, -0.2) is 13.4 Å². The van der Waals surface area contributed by atoms with E-state index in [1.165, 1.54) is 34.7 Å². The summed E-state index contributed by atoms with van der Waals surface area (Å²) < 4.78 is 35.0. The first-order valence-electron chi connectivity index (χ1n) is 15.4. The summed E-state index contributed by atoms with van der Waals surface area (Å²) in [5, 5.41) is 19.3. The lowest BCUT2D eigenvalue weighted by molar-refractivity contribution is -0.124. The molecule has 0 aliphatic rings. The van der Waals surface area contributed by atoms with Crippen molar-refractivity contribution in [2.75, 3.05) is 25.0 Å². The Morgan fingerprint density at radius 3 is 2.23 bits per heavy atom. The van der Waals surface area contributed by atoms with E-state index < -0.39 is 28.1 Å². The molecule has 3 aromatic carbocycles. The fourth-order valence-corrected chi connectivity index (χ4v) is 7.53. The van der Waals surface area contributed by atoms with Gasteiger partial charge in [0.15, 0.2) is 11.7 Å². The summed E-state index contributed by atoms with van der Waals surface area (Å²) in [5.41, 5.74) is 3.99. The maximum Gasteiger partial charge on any atom is 0.258 e. The topological polar surface area (TPSA) is 138 Å². The molecule has 47 heavy (non-hydrogen) atoms.